The van der Waals surface area contributed by atoms with Crippen LogP contribution in [0, 0.1) is 23.0 Å². The van der Waals surface area contributed by atoms with Gasteiger partial charge in [0.25, 0.3) is 0 Å². The van der Waals surface area contributed by atoms with Crippen LogP contribution < -0.4 is 0 Å². The highest BCUT2D eigenvalue weighted by Crippen LogP contribution is 2.16. The van der Waals surface area contributed by atoms with Gasteiger partial charge in [-0.15, -0.1) is 0 Å². The fourth-order valence-electron chi connectivity index (χ4n) is 0.975. The number of nitrogens with zero attached hydrogens (tertiary/aromatic N) is 1. The largest absolute Gasteiger partial charge is 0.481 e. The molecule has 1 aromatic carbocycles. The topological polar surface area (TPSA) is 61.1 Å². The van der Waals surface area contributed by atoms with Crippen molar-refractivity contribution in [2.24, 2.45) is 0 Å². The van der Waals surface area contributed by atoms with Crippen molar-refractivity contribution in [1.29, 1.82) is 5.26 Å². The molecule has 0 spiro atoms. The standard InChI is InChI=1S/C9H5F2NO2/c10-8-5(3-7(13)14)1-2-6(4-12)9(8)11/h1-2H,3H2,(H,13,14). The molecule has 0 atom stereocenters. The number of carboxylic acids is 1. The van der Waals surface area contributed by atoms with E-state index in [-0.39, 0.29) is 5.56 Å². The summed E-state index contributed by atoms with van der Waals surface area (Å²) in [6.45, 7) is 0. The highest BCUT2D eigenvalue weighted by Gasteiger charge is 2.14. The third-order valence-electron chi connectivity index (χ3n) is 1.62. The molecular formula is C9H5F2NO2. The molecule has 0 bridgehead atoms. The summed E-state index contributed by atoms with van der Waals surface area (Å²) in [5.74, 6) is -3.83. The zero-order chi connectivity index (χ0) is 10.7. The van der Waals surface area contributed by atoms with Gasteiger partial charge in [0.1, 0.15) is 6.07 Å². The van der Waals surface area contributed by atoms with Crippen LogP contribution in [-0.4, -0.2) is 11.1 Å². The molecule has 0 aliphatic heterocycles. The van der Waals surface area contributed by atoms with E-state index in [1.165, 1.54) is 6.07 Å². The Morgan fingerprint density at radius 3 is 2.57 bits per heavy atom. The number of carboxylic acid groups (broad SMARTS) is 1. The van der Waals surface area contributed by atoms with Crippen LogP contribution in [-0.2, 0) is 11.2 Å². The van der Waals surface area contributed by atoms with Crippen LogP contribution in [0.15, 0.2) is 12.1 Å². The fourth-order valence-corrected chi connectivity index (χ4v) is 0.975. The molecule has 0 unspecified atom stereocenters. The molecule has 0 aromatic heterocycles. The normalized spacial score (nSPS) is 9.50. The average molecular weight is 197 g/mol. The quantitative estimate of drug-likeness (QED) is 0.780. The second-order valence-corrected chi connectivity index (χ2v) is 2.58. The Kier molecular flexibility index (Phi) is 2.77. The van der Waals surface area contributed by atoms with Gasteiger partial charge in [0.2, 0.25) is 0 Å². The molecule has 5 heteroatoms. The van der Waals surface area contributed by atoms with Gasteiger partial charge in [0.15, 0.2) is 11.6 Å². The lowest BCUT2D eigenvalue weighted by Gasteiger charge is -2.01. The van der Waals surface area contributed by atoms with Crippen molar-refractivity contribution in [3.63, 3.8) is 0 Å². The van der Waals surface area contributed by atoms with Gasteiger partial charge in [0.05, 0.1) is 12.0 Å². The Bertz CT molecular complexity index is 424. The van der Waals surface area contributed by atoms with Gasteiger partial charge in [-0.3, -0.25) is 4.79 Å². The van der Waals surface area contributed by atoms with Crippen molar-refractivity contribution in [3.05, 3.63) is 34.9 Å². The highest BCUT2D eigenvalue weighted by molar-refractivity contribution is 5.70. The third kappa shape index (κ3) is 1.85. The Morgan fingerprint density at radius 2 is 2.07 bits per heavy atom. The van der Waals surface area contributed by atoms with Gasteiger partial charge in [-0.25, -0.2) is 8.78 Å². The summed E-state index contributed by atoms with van der Waals surface area (Å²) < 4.78 is 25.9. The lowest BCUT2D eigenvalue weighted by molar-refractivity contribution is -0.136. The average Bonchev–Trinajstić information content (AvgIpc) is 2.13. The molecule has 1 aromatic rings. The maximum absolute atomic E-state index is 13.0. The number of rotatable bonds is 2. The van der Waals surface area contributed by atoms with Crippen molar-refractivity contribution >= 4 is 5.97 Å². The van der Waals surface area contributed by atoms with Gasteiger partial charge in [-0.05, 0) is 6.07 Å². The highest BCUT2D eigenvalue weighted by atomic mass is 19.2. The minimum absolute atomic E-state index is 0.269. The molecule has 1 N–H and O–H groups in total. The summed E-state index contributed by atoms with van der Waals surface area (Å²) in [6.07, 6.45) is -0.603. The molecule has 0 heterocycles. The maximum atomic E-state index is 13.0. The number of hydrogen-bond donors (Lipinski definition) is 1. The molecule has 0 radical (unpaired) electrons. The zero-order valence-electron chi connectivity index (χ0n) is 6.92. The first-order valence-electron chi connectivity index (χ1n) is 3.65. The minimum Gasteiger partial charge on any atom is -0.481 e. The maximum Gasteiger partial charge on any atom is 0.307 e. The van der Waals surface area contributed by atoms with Gasteiger partial charge in [0, 0.05) is 5.56 Å². The molecule has 3 nitrogen and oxygen atoms in total. The van der Waals surface area contributed by atoms with E-state index in [1.54, 1.807) is 0 Å². The van der Waals surface area contributed by atoms with Crippen molar-refractivity contribution in [1.82, 2.24) is 0 Å². The molecule has 0 aliphatic carbocycles. The third-order valence-corrected chi connectivity index (χ3v) is 1.62. The Balaban J connectivity index is 3.18. The van der Waals surface area contributed by atoms with E-state index in [1.807, 2.05) is 0 Å². The molecule has 72 valence electrons. The van der Waals surface area contributed by atoms with Crippen molar-refractivity contribution in [2.75, 3.05) is 0 Å². The molecular weight excluding hydrogens is 192 g/mol. The number of nitriles is 1. The lowest BCUT2D eigenvalue weighted by atomic mass is 10.1. The van der Waals surface area contributed by atoms with Crippen LogP contribution in [0.4, 0.5) is 8.78 Å². The predicted octanol–water partition coefficient (Wildman–Crippen LogP) is 1.46. The minimum atomic E-state index is -1.30. The summed E-state index contributed by atoms with van der Waals surface area (Å²) in [4.78, 5) is 10.2. The van der Waals surface area contributed by atoms with E-state index >= 15 is 0 Å². The van der Waals surface area contributed by atoms with Crippen LogP contribution in [0.2, 0.25) is 0 Å². The number of benzene rings is 1. The van der Waals surface area contributed by atoms with E-state index in [2.05, 4.69) is 0 Å². The summed E-state index contributed by atoms with van der Waals surface area (Å²) >= 11 is 0. The summed E-state index contributed by atoms with van der Waals surface area (Å²) in [6, 6.07) is 3.59. The molecule has 0 fully saturated rings. The smallest absolute Gasteiger partial charge is 0.307 e. The molecule has 14 heavy (non-hydrogen) atoms. The first-order chi connectivity index (χ1) is 6.56. The van der Waals surface area contributed by atoms with Crippen LogP contribution in [0.5, 0.6) is 0 Å². The Morgan fingerprint density at radius 1 is 1.43 bits per heavy atom. The summed E-state index contributed by atoms with van der Waals surface area (Å²) in [5.41, 5.74) is -0.703. The SMILES string of the molecule is N#Cc1ccc(CC(=O)O)c(F)c1F. The number of aliphatic carboxylic acids is 1. The van der Waals surface area contributed by atoms with Crippen molar-refractivity contribution in [2.45, 2.75) is 6.42 Å². The van der Waals surface area contributed by atoms with Crippen LogP contribution in [0.25, 0.3) is 0 Å². The van der Waals surface area contributed by atoms with Crippen LogP contribution in [0.3, 0.4) is 0 Å². The van der Waals surface area contributed by atoms with E-state index in [0.717, 1.165) is 12.1 Å². The van der Waals surface area contributed by atoms with E-state index in [4.69, 9.17) is 10.4 Å². The van der Waals surface area contributed by atoms with Crippen molar-refractivity contribution < 1.29 is 18.7 Å². The molecule has 0 saturated carbocycles. The first-order valence-corrected chi connectivity index (χ1v) is 3.65. The van der Waals surface area contributed by atoms with E-state index in [9.17, 15) is 13.6 Å². The molecule has 0 aliphatic rings. The van der Waals surface area contributed by atoms with E-state index in [0.29, 0.717) is 0 Å². The van der Waals surface area contributed by atoms with Gasteiger partial charge in [-0.1, -0.05) is 6.07 Å². The van der Waals surface area contributed by atoms with Gasteiger partial charge in [-0.2, -0.15) is 5.26 Å². The number of halogens is 2. The number of hydrogen-bond acceptors (Lipinski definition) is 2. The summed E-state index contributed by atoms with van der Waals surface area (Å²) in [5, 5.41) is 16.7. The first kappa shape index (κ1) is 10.1. The fraction of sp³-hybridized carbons (Fsp3) is 0.111. The second-order valence-electron chi connectivity index (χ2n) is 2.58. The molecule has 0 amide bonds. The number of carbonyl (C=O) groups is 1. The summed E-state index contributed by atoms with van der Waals surface area (Å²) in [7, 11) is 0. The monoisotopic (exact) mass is 197 g/mol. The second kappa shape index (κ2) is 3.83. The van der Waals surface area contributed by atoms with Gasteiger partial charge < -0.3 is 5.11 Å². The van der Waals surface area contributed by atoms with Crippen LogP contribution >= 0.6 is 0 Å². The molecule has 1 rings (SSSR count). The Labute approximate surface area is 78.2 Å². The van der Waals surface area contributed by atoms with E-state index < -0.39 is 29.6 Å². The van der Waals surface area contributed by atoms with Crippen LogP contribution in [0.1, 0.15) is 11.1 Å². The zero-order valence-corrected chi connectivity index (χ0v) is 6.92. The predicted molar refractivity (Wildman–Crippen MR) is 42.4 cm³/mol. The molecule has 0 saturated heterocycles. The van der Waals surface area contributed by atoms with Crippen molar-refractivity contribution in [3.8, 4) is 6.07 Å². The Hall–Kier alpha value is -1.96. The lowest BCUT2D eigenvalue weighted by Crippen LogP contribution is -2.04. The van der Waals surface area contributed by atoms with Gasteiger partial charge >= 0.3 is 5.97 Å².